The number of aromatic amines is 1. The predicted molar refractivity (Wildman–Crippen MR) is 68.4 cm³/mol. The Bertz CT molecular complexity index is 789. The Morgan fingerprint density at radius 1 is 1.00 bits per heavy atom. The van der Waals surface area contributed by atoms with Gasteiger partial charge >= 0.3 is 0 Å². The SMILES string of the molecule is Fc1cccc(F)c1C#Cc1ccnc2[nH]ccc12. The van der Waals surface area contributed by atoms with Crippen molar-refractivity contribution in [1.82, 2.24) is 9.97 Å². The lowest BCUT2D eigenvalue weighted by atomic mass is 10.1. The number of hydrogen-bond donors (Lipinski definition) is 1. The molecule has 0 aliphatic carbocycles. The summed E-state index contributed by atoms with van der Waals surface area (Å²) in [7, 11) is 0. The van der Waals surface area contributed by atoms with Crippen molar-refractivity contribution in [1.29, 1.82) is 0 Å². The number of fused-ring (bicyclic) bond motifs is 1. The second-order valence-electron chi connectivity index (χ2n) is 3.95. The molecule has 4 heteroatoms. The maximum Gasteiger partial charge on any atom is 0.141 e. The molecule has 0 saturated heterocycles. The number of benzene rings is 1. The zero-order valence-electron chi connectivity index (χ0n) is 9.74. The molecule has 3 rings (SSSR count). The number of hydrogen-bond acceptors (Lipinski definition) is 1. The van der Waals surface area contributed by atoms with Crippen LogP contribution in [0.3, 0.4) is 0 Å². The van der Waals surface area contributed by atoms with Crippen molar-refractivity contribution in [3.05, 3.63) is 65.5 Å². The van der Waals surface area contributed by atoms with Gasteiger partial charge < -0.3 is 4.98 Å². The average molecular weight is 254 g/mol. The van der Waals surface area contributed by atoms with Gasteiger partial charge in [0.25, 0.3) is 0 Å². The van der Waals surface area contributed by atoms with Gasteiger partial charge in [-0.05, 0) is 24.3 Å². The van der Waals surface area contributed by atoms with E-state index in [1.807, 2.05) is 6.07 Å². The summed E-state index contributed by atoms with van der Waals surface area (Å²) in [5.41, 5.74) is 1.15. The molecular weight excluding hydrogens is 246 g/mol. The Morgan fingerprint density at radius 2 is 1.79 bits per heavy atom. The van der Waals surface area contributed by atoms with Crippen molar-refractivity contribution in [2.45, 2.75) is 0 Å². The number of aromatic nitrogens is 2. The quantitative estimate of drug-likeness (QED) is 0.613. The smallest absolute Gasteiger partial charge is 0.141 e. The van der Waals surface area contributed by atoms with Crippen LogP contribution in [0.1, 0.15) is 11.1 Å². The maximum absolute atomic E-state index is 13.4. The van der Waals surface area contributed by atoms with Crippen LogP contribution in [0.2, 0.25) is 0 Å². The third kappa shape index (κ3) is 2.06. The Morgan fingerprint density at radius 3 is 2.58 bits per heavy atom. The molecule has 0 fully saturated rings. The lowest BCUT2D eigenvalue weighted by Gasteiger charge is -1.96. The molecule has 2 nitrogen and oxygen atoms in total. The summed E-state index contributed by atoms with van der Waals surface area (Å²) in [6.07, 6.45) is 3.34. The number of nitrogens with zero attached hydrogens (tertiary/aromatic N) is 1. The molecule has 2 aromatic heterocycles. The van der Waals surface area contributed by atoms with Crippen LogP contribution in [0, 0.1) is 23.5 Å². The van der Waals surface area contributed by atoms with Gasteiger partial charge in [-0.15, -0.1) is 0 Å². The van der Waals surface area contributed by atoms with Gasteiger partial charge in [0.05, 0.1) is 5.56 Å². The van der Waals surface area contributed by atoms with Gasteiger partial charge in [0.2, 0.25) is 0 Å². The average Bonchev–Trinajstić information content (AvgIpc) is 2.87. The highest BCUT2D eigenvalue weighted by molar-refractivity contribution is 5.82. The minimum atomic E-state index is -0.660. The van der Waals surface area contributed by atoms with E-state index in [-0.39, 0.29) is 5.56 Å². The second-order valence-corrected chi connectivity index (χ2v) is 3.95. The van der Waals surface area contributed by atoms with E-state index in [9.17, 15) is 8.78 Å². The summed E-state index contributed by atoms with van der Waals surface area (Å²) in [6, 6.07) is 7.22. The van der Waals surface area contributed by atoms with Gasteiger partial charge in [0.1, 0.15) is 17.3 Å². The molecule has 3 aromatic rings. The van der Waals surface area contributed by atoms with Crippen molar-refractivity contribution in [3.8, 4) is 11.8 Å². The Balaban J connectivity index is 2.12. The van der Waals surface area contributed by atoms with E-state index in [2.05, 4.69) is 21.8 Å². The van der Waals surface area contributed by atoms with Crippen LogP contribution in [0.15, 0.2) is 42.7 Å². The maximum atomic E-state index is 13.4. The Labute approximate surface area is 108 Å². The number of halogens is 2. The van der Waals surface area contributed by atoms with Crippen LogP contribution in [0.5, 0.6) is 0 Å². The van der Waals surface area contributed by atoms with E-state index in [0.29, 0.717) is 11.2 Å². The Hall–Kier alpha value is -2.67. The molecule has 0 atom stereocenters. The summed E-state index contributed by atoms with van der Waals surface area (Å²) >= 11 is 0. The zero-order valence-corrected chi connectivity index (χ0v) is 9.74. The standard InChI is InChI=1S/C15H8F2N2/c16-13-2-1-3-14(17)12(13)5-4-10-6-8-18-15-11(10)7-9-19-15/h1-3,6-9H,(H,18,19). The minimum absolute atomic E-state index is 0.219. The van der Waals surface area contributed by atoms with Crippen molar-refractivity contribution < 1.29 is 8.78 Å². The van der Waals surface area contributed by atoms with Crippen LogP contribution in [-0.2, 0) is 0 Å². The van der Waals surface area contributed by atoms with Gasteiger partial charge in [-0.3, -0.25) is 0 Å². The first-order chi connectivity index (χ1) is 9.25. The van der Waals surface area contributed by atoms with Crippen LogP contribution < -0.4 is 0 Å². The highest BCUT2D eigenvalue weighted by Gasteiger charge is 2.05. The van der Waals surface area contributed by atoms with E-state index in [1.54, 1.807) is 18.5 Å². The van der Waals surface area contributed by atoms with Gasteiger partial charge in [-0.1, -0.05) is 17.9 Å². The molecule has 0 amide bonds. The lowest BCUT2D eigenvalue weighted by Crippen LogP contribution is -1.89. The number of rotatable bonds is 0. The molecule has 1 aromatic carbocycles. The predicted octanol–water partition coefficient (Wildman–Crippen LogP) is 3.24. The van der Waals surface area contributed by atoms with Crippen LogP contribution in [0.25, 0.3) is 11.0 Å². The van der Waals surface area contributed by atoms with Crippen molar-refractivity contribution in [2.75, 3.05) is 0 Å². The highest BCUT2D eigenvalue weighted by atomic mass is 19.1. The van der Waals surface area contributed by atoms with Gasteiger partial charge in [-0.2, -0.15) is 0 Å². The number of pyridine rings is 1. The molecule has 0 aliphatic heterocycles. The largest absolute Gasteiger partial charge is 0.346 e. The molecule has 0 saturated carbocycles. The minimum Gasteiger partial charge on any atom is -0.346 e. The van der Waals surface area contributed by atoms with Crippen molar-refractivity contribution >= 4 is 11.0 Å². The Kier molecular flexibility index (Phi) is 2.73. The number of nitrogens with one attached hydrogen (secondary N) is 1. The molecular formula is C15H8F2N2. The summed E-state index contributed by atoms with van der Waals surface area (Å²) in [5, 5.41) is 0.826. The lowest BCUT2D eigenvalue weighted by molar-refractivity contribution is 0.577. The fourth-order valence-corrected chi connectivity index (χ4v) is 1.82. The molecule has 0 bridgehead atoms. The van der Waals surface area contributed by atoms with Crippen molar-refractivity contribution in [2.24, 2.45) is 0 Å². The van der Waals surface area contributed by atoms with E-state index >= 15 is 0 Å². The summed E-state index contributed by atoms with van der Waals surface area (Å²) < 4.78 is 26.9. The normalized spacial score (nSPS) is 10.2. The van der Waals surface area contributed by atoms with E-state index < -0.39 is 11.6 Å². The van der Waals surface area contributed by atoms with Gasteiger partial charge in [0, 0.05) is 23.3 Å². The molecule has 0 unspecified atom stereocenters. The highest BCUT2D eigenvalue weighted by Crippen LogP contribution is 2.15. The van der Waals surface area contributed by atoms with E-state index in [1.165, 1.54) is 18.2 Å². The molecule has 1 N–H and O–H groups in total. The first-order valence-corrected chi connectivity index (χ1v) is 5.64. The van der Waals surface area contributed by atoms with Crippen LogP contribution >= 0.6 is 0 Å². The van der Waals surface area contributed by atoms with E-state index in [0.717, 1.165) is 5.39 Å². The fourth-order valence-electron chi connectivity index (χ4n) is 1.82. The zero-order chi connectivity index (χ0) is 13.2. The first kappa shape index (κ1) is 11.4. The third-order valence-corrected chi connectivity index (χ3v) is 2.75. The summed E-state index contributed by atoms with van der Waals surface area (Å²) in [4.78, 5) is 7.07. The molecule has 19 heavy (non-hydrogen) atoms. The summed E-state index contributed by atoms with van der Waals surface area (Å²) in [5.74, 6) is 4.00. The third-order valence-electron chi connectivity index (χ3n) is 2.75. The van der Waals surface area contributed by atoms with Gasteiger partial charge in [-0.25, -0.2) is 13.8 Å². The second kappa shape index (κ2) is 4.54. The molecule has 0 radical (unpaired) electrons. The fraction of sp³-hybridized carbons (Fsp3) is 0. The first-order valence-electron chi connectivity index (χ1n) is 5.64. The molecule has 2 heterocycles. The van der Waals surface area contributed by atoms with Gasteiger partial charge in [0.15, 0.2) is 0 Å². The molecule has 0 spiro atoms. The van der Waals surface area contributed by atoms with Crippen LogP contribution in [-0.4, -0.2) is 9.97 Å². The summed E-state index contributed by atoms with van der Waals surface area (Å²) in [6.45, 7) is 0. The topological polar surface area (TPSA) is 28.7 Å². The molecule has 0 aliphatic rings. The number of H-pyrrole nitrogens is 1. The van der Waals surface area contributed by atoms with Crippen molar-refractivity contribution in [3.63, 3.8) is 0 Å². The van der Waals surface area contributed by atoms with E-state index in [4.69, 9.17) is 0 Å². The monoisotopic (exact) mass is 254 g/mol. The van der Waals surface area contributed by atoms with Crippen LogP contribution in [0.4, 0.5) is 8.78 Å². The molecule has 92 valence electrons.